The number of benzene rings is 1. The van der Waals surface area contributed by atoms with Crippen LogP contribution in [0.3, 0.4) is 0 Å². The van der Waals surface area contributed by atoms with Crippen LogP contribution in [0.1, 0.15) is 37.8 Å². The Labute approximate surface area is 200 Å². The summed E-state index contributed by atoms with van der Waals surface area (Å²) in [4.78, 5) is 14.3. The normalized spacial score (nSPS) is 13.9. The van der Waals surface area contributed by atoms with Crippen molar-refractivity contribution >= 4 is 61.4 Å². The van der Waals surface area contributed by atoms with Crippen LogP contribution in [0.15, 0.2) is 28.5 Å². The van der Waals surface area contributed by atoms with E-state index in [-0.39, 0.29) is 11.8 Å². The molecule has 4 rings (SSSR count). The maximum atomic E-state index is 12.2. The zero-order chi connectivity index (χ0) is 22.2. The van der Waals surface area contributed by atoms with Gasteiger partial charge in [-0.05, 0) is 85.4 Å². The van der Waals surface area contributed by atoms with Crippen LogP contribution in [0.4, 0.5) is 5.82 Å². The summed E-state index contributed by atoms with van der Waals surface area (Å²) in [5.74, 6) is 0.356. The molecule has 1 aliphatic rings. The molecule has 0 radical (unpaired) electrons. The molecule has 8 nitrogen and oxygen atoms in total. The van der Waals surface area contributed by atoms with Crippen LogP contribution in [0.5, 0.6) is 0 Å². The molecule has 0 fully saturated rings. The van der Waals surface area contributed by atoms with E-state index in [1.54, 1.807) is 11.8 Å². The summed E-state index contributed by atoms with van der Waals surface area (Å²) in [7, 11) is -3.33. The van der Waals surface area contributed by atoms with Gasteiger partial charge in [-0.2, -0.15) is 0 Å². The third-order valence-electron chi connectivity index (χ3n) is 5.08. The number of sulfonamides is 1. The van der Waals surface area contributed by atoms with Gasteiger partial charge in [0, 0.05) is 21.1 Å². The number of fused-ring (bicyclic) bond motifs is 2. The van der Waals surface area contributed by atoms with Crippen molar-refractivity contribution in [3.8, 4) is 0 Å². The minimum Gasteiger partial charge on any atom is -0.382 e. The van der Waals surface area contributed by atoms with Crippen molar-refractivity contribution in [2.24, 2.45) is 0 Å². The van der Waals surface area contributed by atoms with Crippen molar-refractivity contribution in [3.63, 3.8) is 0 Å². The molecule has 1 aromatic carbocycles. The molecule has 0 saturated carbocycles. The molecule has 3 aromatic rings. The predicted molar refractivity (Wildman–Crippen MR) is 132 cm³/mol. The minimum absolute atomic E-state index is 0.0336. The first-order valence-electron chi connectivity index (χ1n) is 10.2. The highest BCUT2D eigenvalue weighted by Crippen LogP contribution is 2.37. The van der Waals surface area contributed by atoms with Crippen LogP contribution < -0.4 is 10.5 Å². The Morgan fingerprint density at radius 3 is 2.74 bits per heavy atom. The smallest absolute Gasteiger partial charge is 0.211 e. The monoisotopic (exact) mass is 572 g/mol. The number of halogens is 1. The number of hydrogen-bond donors (Lipinski definition) is 2. The van der Waals surface area contributed by atoms with Crippen molar-refractivity contribution in [2.45, 2.75) is 62.2 Å². The molecule has 31 heavy (non-hydrogen) atoms. The number of nitrogen functional groups attached to an aromatic ring is 1. The van der Waals surface area contributed by atoms with Gasteiger partial charge in [0.1, 0.15) is 6.33 Å². The topological polar surface area (TPSA) is 116 Å². The van der Waals surface area contributed by atoms with Gasteiger partial charge in [-0.1, -0.05) is 11.8 Å². The fourth-order valence-electron chi connectivity index (χ4n) is 3.79. The van der Waals surface area contributed by atoms with Crippen LogP contribution >= 0.6 is 34.4 Å². The van der Waals surface area contributed by atoms with Gasteiger partial charge in [0.2, 0.25) is 10.0 Å². The lowest BCUT2D eigenvalue weighted by atomic mass is 10.1. The Hall–Kier alpha value is -1.44. The van der Waals surface area contributed by atoms with Crippen molar-refractivity contribution < 1.29 is 8.42 Å². The van der Waals surface area contributed by atoms with Crippen LogP contribution in [0.2, 0.25) is 0 Å². The van der Waals surface area contributed by atoms with E-state index in [2.05, 4.69) is 49.4 Å². The molecule has 0 bridgehead atoms. The summed E-state index contributed by atoms with van der Waals surface area (Å²) in [5, 5.41) is 0.743. The van der Waals surface area contributed by atoms with Gasteiger partial charge in [-0.25, -0.2) is 28.1 Å². The van der Waals surface area contributed by atoms with Gasteiger partial charge in [0.25, 0.3) is 0 Å². The van der Waals surface area contributed by atoms with Gasteiger partial charge >= 0.3 is 0 Å². The first-order chi connectivity index (χ1) is 14.7. The fourth-order valence-corrected chi connectivity index (χ4v) is 6.98. The summed E-state index contributed by atoms with van der Waals surface area (Å²) < 4.78 is 30.2. The lowest BCUT2D eigenvalue weighted by molar-refractivity contribution is 0.558. The average Bonchev–Trinajstić information content (AvgIpc) is 3.26. The molecule has 3 N–H and O–H groups in total. The molecule has 0 amide bonds. The van der Waals surface area contributed by atoms with E-state index < -0.39 is 10.0 Å². The molecule has 0 unspecified atom stereocenters. The van der Waals surface area contributed by atoms with Gasteiger partial charge < -0.3 is 10.3 Å². The van der Waals surface area contributed by atoms with E-state index in [1.807, 2.05) is 18.4 Å². The summed E-state index contributed by atoms with van der Waals surface area (Å²) in [6.07, 6.45) is 5.30. The van der Waals surface area contributed by atoms with Crippen molar-refractivity contribution in [2.75, 3.05) is 11.5 Å². The Morgan fingerprint density at radius 1 is 1.26 bits per heavy atom. The van der Waals surface area contributed by atoms with Gasteiger partial charge in [0.15, 0.2) is 22.1 Å². The van der Waals surface area contributed by atoms with Crippen LogP contribution in [-0.4, -0.2) is 39.7 Å². The highest BCUT2D eigenvalue weighted by molar-refractivity contribution is 14.1. The number of hydrogen-bond acceptors (Lipinski definition) is 7. The van der Waals surface area contributed by atoms with Crippen molar-refractivity contribution in [1.29, 1.82) is 0 Å². The second-order valence-corrected chi connectivity index (χ2v) is 12.0. The van der Waals surface area contributed by atoms with Crippen LogP contribution in [0, 0.1) is 3.57 Å². The first kappa shape index (κ1) is 22.7. The molecule has 2 heterocycles. The average molecular weight is 572 g/mol. The number of nitrogens with one attached hydrogen (secondary N) is 1. The molecule has 0 aliphatic heterocycles. The maximum Gasteiger partial charge on any atom is 0.211 e. The Balaban J connectivity index is 1.64. The summed E-state index contributed by atoms with van der Waals surface area (Å²) in [5.41, 5.74) is 10.0. The first-order valence-corrected chi connectivity index (χ1v) is 13.7. The lowest BCUT2D eigenvalue weighted by Crippen LogP contribution is -2.32. The quantitative estimate of drug-likeness (QED) is 0.398. The number of aryl methyl sites for hydroxylation is 3. The summed E-state index contributed by atoms with van der Waals surface area (Å²) in [6.45, 7) is 4.09. The highest BCUT2D eigenvalue weighted by atomic mass is 127. The Morgan fingerprint density at radius 2 is 2.00 bits per heavy atom. The Bertz CT molecular complexity index is 1230. The van der Waals surface area contributed by atoms with Crippen LogP contribution in [0.25, 0.3) is 11.2 Å². The molecular weight excluding hydrogens is 547 g/mol. The van der Waals surface area contributed by atoms with E-state index in [1.165, 1.54) is 27.4 Å². The van der Waals surface area contributed by atoms with Crippen molar-refractivity contribution in [1.82, 2.24) is 24.2 Å². The summed E-state index contributed by atoms with van der Waals surface area (Å²) in [6, 6.07) is 4.39. The van der Waals surface area contributed by atoms with E-state index in [0.717, 1.165) is 22.9 Å². The number of rotatable bonds is 8. The molecule has 0 saturated heterocycles. The standard InChI is InChI=1S/C20H25IN6O2S2/c1-12(2)26-31(28,29)8-4-7-27-19-17(18(22)23-11-24-19)25-20(27)30-16-10-14-6-3-5-13(14)9-15(16)21/h9-12,26H,3-8H2,1-2H3,(H2,22,23,24). The van der Waals surface area contributed by atoms with Crippen LogP contribution in [-0.2, 0) is 29.4 Å². The number of nitrogens with zero attached hydrogens (tertiary/aromatic N) is 4. The zero-order valence-electron chi connectivity index (χ0n) is 17.4. The zero-order valence-corrected chi connectivity index (χ0v) is 21.2. The third kappa shape index (κ3) is 5.15. The molecule has 166 valence electrons. The largest absolute Gasteiger partial charge is 0.382 e. The van der Waals surface area contributed by atoms with Gasteiger partial charge in [-0.3, -0.25) is 0 Å². The highest BCUT2D eigenvalue weighted by Gasteiger charge is 2.20. The second kappa shape index (κ2) is 9.20. The minimum atomic E-state index is -3.33. The van der Waals surface area contributed by atoms with E-state index >= 15 is 0 Å². The lowest BCUT2D eigenvalue weighted by Gasteiger charge is -2.12. The molecule has 0 spiro atoms. The molecule has 0 atom stereocenters. The molecule has 11 heteroatoms. The molecule has 2 aromatic heterocycles. The molecule has 1 aliphatic carbocycles. The van der Waals surface area contributed by atoms with E-state index in [0.29, 0.717) is 29.9 Å². The van der Waals surface area contributed by atoms with E-state index in [9.17, 15) is 8.42 Å². The number of nitrogens with two attached hydrogens (primary N) is 1. The number of anilines is 1. The fraction of sp³-hybridized carbons (Fsp3) is 0.450. The predicted octanol–water partition coefficient (Wildman–Crippen LogP) is 3.37. The molecular formula is C20H25IN6O2S2. The maximum absolute atomic E-state index is 12.2. The Kier molecular flexibility index (Phi) is 6.75. The van der Waals surface area contributed by atoms with Crippen molar-refractivity contribution in [3.05, 3.63) is 33.2 Å². The third-order valence-corrected chi connectivity index (χ3v) is 9.05. The summed E-state index contributed by atoms with van der Waals surface area (Å²) >= 11 is 3.94. The van der Waals surface area contributed by atoms with Gasteiger partial charge in [-0.15, -0.1) is 0 Å². The number of imidazole rings is 1. The number of aromatic nitrogens is 4. The van der Waals surface area contributed by atoms with E-state index in [4.69, 9.17) is 10.7 Å². The second-order valence-electron chi connectivity index (χ2n) is 7.93. The van der Waals surface area contributed by atoms with Gasteiger partial charge in [0.05, 0.1) is 5.75 Å². The SMILES string of the molecule is CC(C)NS(=O)(=O)CCCn1c(Sc2cc3c(cc2I)CCC3)nc2c(N)ncnc21.